The van der Waals surface area contributed by atoms with Gasteiger partial charge < -0.3 is 0 Å². The summed E-state index contributed by atoms with van der Waals surface area (Å²) in [6, 6.07) is 6.33. The van der Waals surface area contributed by atoms with E-state index in [-0.39, 0.29) is 10.6 Å². The lowest BCUT2D eigenvalue weighted by atomic mass is 10.0. The second-order valence-corrected chi connectivity index (χ2v) is 3.96. The molecule has 0 radical (unpaired) electrons. The van der Waals surface area contributed by atoms with Crippen LogP contribution in [0.2, 0.25) is 5.02 Å². The van der Waals surface area contributed by atoms with Crippen LogP contribution >= 0.6 is 11.6 Å². The Morgan fingerprint density at radius 1 is 1.00 bits per heavy atom. The minimum atomic E-state index is -1.28. The van der Waals surface area contributed by atoms with Crippen LogP contribution in [-0.2, 0) is 0 Å². The van der Waals surface area contributed by atoms with Crippen molar-refractivity contribution in [3.05, 3.63) is 70.0 Å². The molecule has 2 aromatic rings. The van der Waals surface area contributed by atoms with E-state index < -0.39 is 28.8 Å². The third kappa shape index (κ3) is 2.24. The van der Waals surface area contributed by atoms with Crippen LogP contribution in [0.5, 0.6) is 0 Å². The molecule has 0 heterocycles. The molecule has 0 amide bonds. The Morgan fingerprint density at radius 2 is 1.72 bits per heavy atom. The monoisotopic (exact) mass is 270 g/mol. The molecule has 0 N–H and O–H groups in total. The SMILES string of the molecule is O=C(c1cc(F)ccc1Cl)c1cccc(F)c1F. The van der Waals surface area contributed by atoms with Gasteiger partial charge in [0.25, 0.3) is 0 Å². The molecule has 0 aliphatic carbocycles. The van der Waals surface area contributed by atoms with E-state index in [4.69, 9.17) is 11.6 Å². The largest absolute Gasteiger partial charge is 0.288 e. The average molecular weight is 271 g/mol. The van der Waals surface area contributed by atoms with Crippen LogP contribution in [0.4, 0.5) is 13.2 Å². The first-order valence-corrected chi connectivity index (χ1v) is 5.32. The van der Waals surface area contributed by atoms with E-state index in [9.17, 15) is 18.0 Å². The van der Waals surface area contributed by atoms with E-state index in [1.165, 1.54) is 12.1 Å². The van der Waals surface area contributed by atoms with Crippen molar-refractivity contribution in [2.24, 2.45) is 0 Å². The van der Waals surface area contributed by atoms with Gasteiger partial charge in [0, 0.05) is 5.56 Å². The quantitative estimate of drug-likeness (QED) is 0.754. The van der Waals surface area contributed by atoms with Crippen molar-refractivity contribution in [2.45, 2.75) is 0 Å². The molecule has 0 aromatic heterocycles. The van der Waals surface area contributed by atoms with Gasteiger partial charge in [0.05, 0.1) is 10.6 Å². The van der Waals surface area contributed by atoms with Gasteiger partial charge in [-0.15, -0.1) is 0 Å². The highest BCUT2D eigenvalue weighted by Gasteiger charge is 2.19. The number of carbonyl (C=O) groups is 1. The number of ketones is 1. The Morgan fingerprint density at radius 3 is 2.44 bits per heavy atom. The fourth-order valence-corrected chi connectivity index (χ4v) is 1.70. The number of benzene rings is 2. The zero-order valence-electron chi connectivity index (χ0n) is 8.88. The van der Waals surface area contributed by atoms with Gasteiger partial charge in [0.15, 0.2) is 17.4 Å². The fraction of sp³-hybridized carbons (Fsp3) is 0. The summed E-state index contributed by atoms with van der Waals surface area (Å²) in [4.78, 5) is 11.9. The lowest BCUT2D eigenvalue weighted by Crippen LogP contribution is -2.07. The predicted molar refractivity (Wildman–Crippen MR) is 61.2 cm³/mol. The van der Waals surface area contributed by atoms with Crippen molar-refractivity contribution < 1.29 is 18.0 Å². The Hall–Kier alpha value is -1.81. The van der Waals surface area contributed by atoms with Gasteiger partial charge in [0.1, 0.15) is 5.82 Å². The maximum atomic E-state index is 13.4. The van der Waals surface area contributed by atoms with Crippen LogP contribution in [0.15, 0.2) is 36.4 Å². The molecule has 5 heteroatoms. The van der Waals surface area contributed by atoms with Gasteiger partial charge in [-0.05, 0) is 30.3 Å². The molecule has 2 rings (SSSR count). The lowest BCUT2D eigenvalue weighted by molar-refractivity contribution is 0.103. The van der Waals surface area contributed by atoms with Crippen LogP contribution in [0.25, 0.3) is 0 Å². The Balaban J connectivity index is 2.55. The van der Waals surface area contributed by atoms with Gasteiger partial charge in [-0.3, -0.25) is 4.79 Å². The van der Waals surface area contributed by atoms with Gasteiger partial charge >= 0.3 is 0 Å². The summed E-state index contributed by atoms with van der Waals surface area (Å²) >= 11 is 5.73. The van der Waals surface area contributed by atoms with E-state index in [1.54, 1.807) is 0 Å². The Kier molecular flexibility index (Phi) is 3.39. The van der Waals surface area contributed by atoms with Gasteiger partial charge in [-0.1, -0.05) is 17.7 Å². The standard InChI is InChI=1S/C13H6ClF3O/c14-10-5-4-7(15)6-9(10)13(18)8-2-1-3-11(16)12(8)17/h1-6H. The first-order valence-electron chi connectivity index (χ1n) is 4.94. The molecule has 92 valence electrons. The Bertz CT molecular complexity index is 622. The summed E-state index contributed by atoms with van der Waals surface area (Å²) < 4.78 is 39.5. The first-order chi connectivity index (χ1) is 8.50. The maximum absolute atomic E-state index is 13.4. The predicted octanol–water partition coefficient (Wildman–Crippen LogP) is 3.99. The lowest BCUT2D eigenvalue weighted by Gasteiger charge is -2.05. The maximum Gasteiger partial charge on any atom is 0.197 e. The van der Waals surface area contributed by atoms with Crippen molar-refractivity contribution >= 4 is 17.4 Å². The third-order valence-corrected chi connectivity index (χ3v) is 2.70. The van der Waals surface area contributed by atoms with E-state index in [2.05, 4.69) is 0 Å². The zero-order chi connectivity index (χ0) is 13.3. The molecule has 0 atom stereocenters. The summed E-state index contributed by atoms with van der Waals surface area (Å²) in [7, 11) is 0. The van der Waals surface area contributed by atoms with Crippen molar-refractivity contribution in [3.63, 3.8) is 0 Å². The summed E-state index contributed by atoms with van der Waals surface area (Å²) in [6.07, 6.45) is 0. The Labute approximate surface area is 106 Å². The van der Waals surface area contributed by atoms with Crippen molar-refractivity contribution in [3.8, 4) is 0 Å². The average Bonchev–Trinajstić information content (AvgIpc) is 2.35. The van der Waals surface area contributed by atoms with Crippen LogP contribution in [0, 0.1) is 17.5 Å². The molecule has 0 saturated carbocycles. The molecule has 0 bridgehead atoms. The molecule has 0 spiro atoms. The zero-order valence-corrected chi connectivity index (χ0v) is 9.64. The highest BCUT2D eigenvalue weighted by atomic mass is 35.5. The van der Waals surface area contributed by atoms with Gasteiger partial charge in [-0.25, -0.2) is 13.2 Å². The molecular weight excluding hydrogens is 265 g/mol. The minimum absolute atomic E-state index is 0.0231. The highest BCUT2D eigenvalue weighted by molar-refractivity contribution is 6.35. The third-order valence-electron chi connectivity index (χ3n) is 2.37. The van der Waals surface area contributed by atoms with Crippen LogP contribution in [-0.4, -0.2) is 5.78 Å². The number of halogens is 4. The summed E-state index contributed by atoms with van der Waals surface area (Å²) in [5.74, 6) is -3.97. The molecule has 18 heavy (non-hydrogen) atoms. The molecule has 0 aliphatic heterocycles. The molecule has 0 aliphatic rings. The molecule has 2 aromatic carbocycles. The van der Waals surface area contributed by atoms with Gasteiger partial charge in [0.2, 0.25) is 0 Å². The van der Waals surface area contributed by atoms with Crippen molar-refractivity contribution in [1.82, 2.24) is 0 Å². The number of hydrogen-bond acceptors (Lipinski definition) is 1. The fourth-order valence-electron chi connectivity index (χ4n) is 1.50. The van der Waals surface area contributed by atoms with E-state index in [0.29, 0.717) is 0 Å². The van der Waals surface area contributed by atoms with Crippen LogP contribution in [0.1, 0.15) is 15.9 Å². The second-order valence-electron chi connectivity index (χ2n) is 3.55. The number of carbonyl (C=O) groups excluding carboxylic acids is 1. The number of hydrogen-bond donors (Lipinski definition) is 0. The van der Waals surface area contributed by atoms with E-state index in [0.717, 1.165) is 24.3 Å². The molecule has 1 nitrogen and oxygen atoms in total. The summed E-state index contributed by atoms with van der Waals surface area (Å²) in [5.41, 5.74) is -0.691. The van der Waals surface area contributed by atoms with Crippen molar-refractivity contribution in [1.29, 1.82) is 0 Å². The summed E-state index contributed by atoms with van der Waals surface area (Å²) in [6.45, 7) is 0. The molecular formula is C13H6ClF3O. The second kappa shape index (κ2) is 4.82. The molecule has 0 saturated heterocycles. The summed E-state index contributed by atoms with van der Waals surface area (Å²) in [5, 5.41) is -0.0231. The van der Waals surface area contributed by atoms with Crippen LogP contribution < -0.4 is 0 Å². The first kappa shape index (κ1) is 12.6. The van der Waals surface area contributed by atoms with E-state index >= 15 is 0 Å². The smallest absolute Gasteiger partial charge is 0.197 e. The normalized spacial score (nSPS) is 10.4. The highest BCUT2D eigenvalue weighted by Crippen LogP contribution is 2.22. The molecule has 0 fully saturated rings. The topological polar surface area (TPSA) is 17.1 Å². The molecule has 0 unspecified atom stereocenters. The van der Waals surface area contributed by atoms with Crippen molar-refractivity contribution in [2.75, 3.05) is 0 Å². The minimum Gasteiger partial charge on any atom is -0.288 e. The number of rotatable bonds is 2. The van der Waals surface area contributed by atoms with E-state index in [1.807, 2.05) is 0 Å². The van der Waals surface area contributed by atoms with Gasteiger partial charge in [-0.2, -0.15) is 0 Å². The van der Waals surface area contributed by atoms with Crippen LogP contribution in [0.3, 0.4) is 0 Å².